The van der Waals surface area contributed by atoms with E-state index in [2.05, 4.69) is 5.32 Å². The van der Waals surface area contributed by atoms with E-state index in [1.165, 1.54) is 21.0 Å². The van der Waals surface area contributed by atoms with Gasteiger partial charge in [-0.3, -0.25) is 14.9 Å². The van der Waals surface area contributed by atoms with Crippen LogP contribution in [-0.4, -0.2) is 65.5 Å². The summed E-state index contributed by atoms with van der Waals surface area (Å²) >= 11 is 0. The lowest BCUT2D eigenvalue weighted by Crippen LogP contribution is -2.52. The average Bonchev–Trinajstić information content (AvgIpc) is 2.73. The first-order valence-electron chi connectivity index (χ1n) is 11.8. The Morgan fingerprint density at radius 2 is 1.91 bits per heavy atom. The van der Waals surface area contributed by atoms with Crippen LogP contribution in [0.3, 0.4) is 0 Å². The molecule has 1 fully saturated rings. The number of aliphatic hydroxyl groups excluding tert-OH is 2. The molecule has 1 aromatic carbocycles. The number of aliphatic hydroxyl groups is 2. The average molecular weight is 482 g/mol. The van der Waals surface area contributed by atoms with Gasteiger partial charge in [0.15, 0.2) is 11.5 Å². The molecule has 0 radical (unpaired) electrons. The number of hydrogen-bond acceptors (Lipinski definition) is 9. The van der Waals surface area contributed by atoms with Crippen molar-refractivity contribution in [1.29, 1.82) is 0 Å². The van der Waals surface area contributed by atoms with E-state index >= 15 is 0 Å². The van der Waals surface area contributed by atoms with Gasteiger partial charge in [-0.15, -0.1) is 0 Å². The highest BCUT2D eigenvalue weighted by molar-refractivity contribution is 5.66. The zero-order valence-corrected chi connectivity index (χ0v) is 20.6. The first kappa shape index (κ1) is 27.9. The highest BCUT2D eigenvalue weighted by Gasteiger charge is 2.45. The summed E-state index contributed by atoms with van der Waals surface area (Å²) in [5.41, 5.74) is 0.222. The highest BCUT2D eigenvalue weighted by Crippen LogP contribution is 2.43. The van der Waals surface area contributed by atoms with Crippen molar-refractivity contribution < 1.29 is 39.1 Å². The molecule has 0 aromatic heterocycles. The van der Waals surface area contributed by atoms with Crippen LogP contribution in [0.2, 0.25) is 0 Å². The summed E-state index contributed by atoms with van der Waals surface area (Å²) in [6.07, 6.45) is 1.04. The molecule has 2 rings (SSSR count). The van der Waals surface area contributed by atoms with Gasteiger partial charge in [-0.2, -0.15) is 0 Å². The molecule has 0 aliphatic carbocycles. The minimum atomic E-state index is -0.784. The summed E-state index contributed by atoms with van der Waals surface area (Å²) in [6.45, 7) is 4.92. The third-order valence-electron chi connectivity index (χ3n) is 6.35. The van der Waals surface area contributed by atoms with E-state index in [9.17, 15) is 24.9 Å². The summed E-state index contributed by atoms with van der Waals surface area (Å²) in [4.78, 5) is 23.9. The molecular formula is C25H39NO8. The van der Waals surface area contributed by atoms with Gasteiger partial charge < -0.3 is 29.5 Å². The number of nitrogens with one attached hydrogen (secondary N) is 1. The Labute approximate surface area is 201 Å². The predicted octanol–water partition coefficient (Wildman–Crippen LogP) is 2.44. The van der Waals surface area contributed by atoms with Crippen LogP contribution >= 0.6 is 0 Å². The fraction of sp³-hybridized carbons (Fsp3) is 0.680. The van der Waals surface area contributed by atoms with Gasteiger partial charge in [0.25, 0.3) is 0 Å². The second kappa shape index (κ2) is 12.9. The van der Waals surface area contributed by atoms with Crippen molar-refractivity contribution in [2.24, 2.45) is 5.41 Å². The van der Waals surface area contributed by atoms with E-state index in [0.717, 1.165) is 5.56 Å². The van der Waals surface area contributed by atoms with Gasteiger partial charge >= 0.3 is 11.9 Å². The fourth-order valence-corrected chi connectivity index (χ4v) is 4.82. The van der Waals surface area contributed by atoms with Crippen molar-refractivity contribution in [1.82, 2.24) is 5.32 Å². The van der Waals surface area contributed by atoms with Crippen molar-refractivity contribution in [3.63, 3.8) is 0 Å². The van der Waals surface area contributed by atoms with E-state index < -0.39 is 41.9 Å². The second-order valence-corrected chi connectivity index (χ2v) is 9.31. The van der Waals surface area contributed by atoms with Crippen molar-refractivity contribution in [2.75, 3.05) is 13.7 Å². The molecule has 0 bridgehead atoms. The molecule has 0 amide bonds. The number of ether oxygens (including phenoxy) is 3. The van der Waals surface area contributed by atoms with Gasteiger partial charge in [-0.25, -0.2) is 0 Å². The van der Waals surface area contributed by atoms with E-state index in [1.54, 1.807) is 25.1 Å². The largest absolute Gasteiger partial charge is 0.504 e. The van der Waals surface area contributed by atoms with Crippen LogP contribution in [-0.2, 0) is 25.5 Å². The molecule has 34 heavy (non-hydrogen) atoms. The van der Waals surface area contributed by atoms with Crippen LogP contribution in [0.1, 0.15) is 64.9 Å². The molecule has 4 N–H and O–H groups in total. The summed E-state index contributed by atoms with van der Waals surface area (Å²) in [7, 11) is 1.47. The molecule has 1 aliphatic rings. The number of phenols is 1. The number of carbonyl (C=O) groups excluding carboxylic acids is 2. The Bertz CT molecular complexity index is 814. The lowest BCUT2D eigenvalue weighted by Gasteiger charge is -2.45. The Morgan fingerprint density at radius 3 is 2.50 bits per heavy atom. The van der Waals surface area contributed by atoms with E-state index in [4.69, 9.17) is 14.2 Å². The van der Waals surface area contributed by atoms with Gasteiger partial charge in [-0.1, -0.05) is 6.07 Å². The molecule has 1 heterocycles. The molecular weight excluding hydrogens is 442 g/mol. The maximum atomic E-state index is 12.1. The van der Waals surface area contributed by atoms with Gasteiger partial charge in [0, 0.05) is 25.7 Å². The predicted molar refractivity (Wildman–Crippen MR) is 125 cm³/mol. The lowest BCUT2D eigenvalue weighted by molar-refractivity contribution is -0.165. The number of rotatable bonds is 12. The van der Waals surface area contributed by atoms with Crippen LogP contribution in [0.25, 0.3) is 0 Å². The molecule has 5 atom stereocenters. The van der Waals surface area contributed by atoms with Crippen molar-refractivity contribution in [3.05, 3.63) is 23.8 Å². The number of hydrogen-bond donors (Lipinski definition) is 4. The van der Waals surface area contributed by atoms with E-state index in [1.807, 2.05) is 0 Å². The first-order valence-corrected chi connectivity index (χ1v) is 11.8. The maximum Gasteiger partial charge on any atom is 0.302 e. The Kier molecular flexibility index (Phi) is 10.6. The van der Waals surface area contributed by atoms with Crippen molar-refractivity contribution in [2.45, 2.75) is 90.3 Å². The topological polar surface area (TPSA) is 135 Å². The standard InChI is InChI=1S/C25H39NO8/c1-16(27)6-5-7-20(33-17(2)28)13-23(34-18(3)29)25(10-11-26-24(31)15-25)14-19-8-9-21(30)22(12-19)32-4/h8-9,12,16,20,23-24,26-27,30-31H,5-7,10-11,13-15H2,1-4H3. The first-order chi connectivity index (χ1) is 16.0. The Morgan fingerprint density at radius 1 is 1.21 bits per heavy atom. The van der Waals surface area contributed by atoms with Gasteiger partial charge in [0.2, 0.25) is 0 Å². The van der Waals surface area contributed by atoms with Gasteiger partial charge in [0.1, 0.15) is 18.4 Å². The smallest absolute Gasteiger partial charge is 0.302 e. The van der Waals surface area contributed by atoms with Crippen molar-refractivity contribution in [3.8, 4) is 11.5 Å². The quantitative estimate of drug-likeness (QED) is 0.332. The normalized spacial score (nSPS) is 22.9. The number of piperidine rings is 1. The minimum Gasteiger partial charge on any atom is -0.504 e. The summed E-state index contributed by atoms with van der Waals surface area (Å²) in [5, 5.41) is 33.1. The highest BCUT2D eigenvalue weighted by atomic mass is 16.6. The molecule has 1 aromatic rings. The summed E-state index contributed by atoms with van der Waals surface area (Å²) in [5.74, 6) is -0.519. The molecule has 0 saturated carbocycles. The van der Waals surface area contributed by atoms with Gasteiger partial charge in [-0.05, 0) is 69.7 Å². The van der Waals surface area contributed by atoms with Crippen LogP contribution in [0.4, 0.5) is 0 Å². The number of carbonyl (C=O) groups is 2. The molecule has 9 heteroatoms. The summed E-state index contributed by atoms with van der Waals surface area (Å²) < 4.78 is 16.7. The molecule has 5 unspecified atom stereocenters. The fourth-order valence-electron chi connectivity index (χ4n) is 4.82. The summed E-state index contributed by atoms with van der Waals surface area (Å²) in [6, 6.07) is 5.07. The van der Waals surface area contributed by atoms with Gasteiger partial charge in [0.05, 0.1) is 13.2 Å². The molecule has 1 aliphatic heterocycles. The Balaban J connectivity index is 2.38. The maximum absolute atomic E-state index is 12.1. The third-order valence-corrected chi connectivity index (χ3v) is 6.35. The minimum absolute atomic E-state index is 0.0233. The third kappa shape index (κ3) is 8.45. The number of methoxy groups -OCH3 is 1. The second-order valence-electron chi connectivity index (χ2n) is 9.31. The molecule has 9 nitrogen and oxygen atoms in total. The number of benzene rings is 1. The molecule has 1 saturated heterocycles. The zero-order valence-electron chi connectivity index (χ0n) is 20.6. The number of aromatic hydroxyl groups is 1. The monoisotopic (exact) mass is 481 g/mol. The van der Waals surface area contributed by atoms with Crippen LogP contribution < -0.4 is 10.1 Å². The Hall–Kier alpha value is -2.36. The van der Waals surface area contributed by atoms with E-state index in [-0.39, 0.29) is 12.2 Å². The molecule has 0 spiro atoms. The number of esters is 2. The lowest BCUT2D eigenvalue weighted by atomic mass is 9.68. The SMILES string of the molecule is COc1cc(CC2(C(CC(CCCC(C)O)OC(C)=O)OC(C)=O)CCNC(O)C2)ccc1O. The zero-order chi connectivity index (χ0) is 25.3. The number of phenolic OH excluding ortho intramolecular Hbond substituents is 1. The molecule has 192 valence electrons. The van der Waals surface area contributed by atoms with Crippen LogP contribution in [0.15, 0.2) is 18.2 Å². The van der Waals surface area contributed by atoms with E-state index in [0.29, 0.717) is 50.8 Å². The van der Waals surface area contributed by atoms with Crippen LogP contribution in [0, 0.1) is 5.41 Å². The van der Waals surface area contributed by atoms with Crippen LogP contribution in [0.5, 0.6) is 11.5 Å². The van der Waals surface area contributed by atoms with Crippen molar-refractivity contribution >= 4 is 11.9 Å².